The monoisotopic (exact) mass is 397 g/mol. The summed E-state index contributed by atoms with van der Waals surface area (Å²) < 4.78 is 12.6. The summed E-state index contributed by atoms with van der Waals surface area (Å²) in [4.78, 5) is 24.8. The summed E-state index contributed by atoms with van der Waals surface area (Å²) in [5.74, 6) is -0.296. The maximum absolute atomic E-state index is 12.5. The quantitative estimate of drug-likeness (QED) is 0.600. The lowest BCUT2D eigenvalue weighted by atomic mass is 10.0. The number of nitrogens with one attached hydrogen (secondary N) is 1. The second kappa shape index (κ2) is 8.51. The number of ether oxygens (including phenoxy) is 1. The molecule has 3 aromatic rings. The van der Waals surface area contributed by atoms with Crippen molar-refractivity contribution in [1.29, 1.82) is 0 Å². The normalized spacial score (nSPS) is 13.3. The van der Waals surface area contributed by atoms with Gasteiger partial charge in [-0.15, -0.1) is 0 Å². The van der Waals surface area contributed by atoms with Gasteiger partial charge in [0, 0.05) is 17.0 Å². The van der Waals surface area contributed by atoms with E-state index in [1.165, 1.54) is 0 Å². The number of furan rings is 1. The molecule has 0 unspecified atom stereocenters. The van der Waals surface area contributed by atoms with Crippen molar-refractivity contribution in [2.45, 2.75) is 59.6 Å². The molecule has 0 spiro atoms. The Bertz CT molecular complexity index is 1030. The number of hydrogen-bond acceptors (Lipinski definition) is 5. The molecule has 2 heterocycles. The Morgan fingerprint density at radius 2 is 1.97 bits per heavy atom. The number of rotatable bonds is 7. The van der Waals surface area contributed by atoms with Crippen LogP contribution >= 0.6 is 0 Å². The molecule has 0 saturated carbocycles. The van der Waals surface area contributed by atoms with Crippen LogP contribution in [-0.4, -0.2) is 27.8 Å². The van der Waals surface area contributed by atoms with Crippen molar-refractivity contribution in [3.05, 3.63) is 47.3 Å². The third-order valence-electron chi connectivity index (χ3n) is 5.21. The average Bonchev–Trinajstić information content (AvgIpc) is 3.29. The van der Waals surface area contributed by atoms with Gasteiger partial charge in [-0.25, -0.2) is 4.68 Å². The summed E-state index contributed by atoms with van der Waals surface area (Å²) >= 11 is 0. The minimum Gasteiger partial charge on any atom is -0.464 e. The predicted molar refractivity (Wildman–Crippen MR) is 111 cm³/mol. The maximum Gasteiger partial charge on any atom is 0.311 e. The van der Waals surface area contributed by atoms with Gasteiger partial charge in [0.05, 0.1) is 24.9 Å². The molecule has 3 rings (SSSR count). The van der Waals surface area contributed by atoms with Crippen molar-refractivity contribution in [2.24, 2.45) is 0 Å². The zero-order valence-electron chi connectivity index (χ0n) is 17.5. The molecule has 0 aliphatic carbocycles. The van der Waals surface area contributed by atoms with E-state index in [0.29, 0.717) is 5.82 Å². The fourth-order valence-electron chi connectivity index (χ4n) is 3.09. The van der Waals surface area contributed by atoms with Crippen molar-refractivity contribution in [3.63, 3.8) is 0 Å². The third kappa shape index (κ3) is 4.50. The molecule has 1 N–H and O–H groups in total. The van der Waals surface area contributed by atoms with Gasteiger partial charge in [0.15, 0.2) is 6.10 Å². The van der Waals surface area contributed by atoms with Gasteiger partial charge in [-0.1, -0.05) is 6.92 Å². The predicted octanol–water partition coefficient (Wildman–Crippen LogP) is 4.33. The van der Waals surface area contributed by atoms with Gasteiger partial charge < -0.3 is 14.5 Å². The number of anilines is 1. The Hall–Kier alpha value is -3.09. The smallest absolute Gasteiger partial charge is 0.311 e. The number of nitrogens with zero attached hydrogens (tertiary/aromatic N) is 2. The van der Waals surface area contributed by atoms with Gasteiger partial charge in [-0.2, -0.15) is 5.10 Å². The molecule has 0 bridgehead atoms. The van der Waals surface area contributed by atoms with E-state index in [2.05, 4.69) is 10.4 Å². The molecule has 7 heteroatoms. The lowest BCUT2D eigenvalue weighted by molar-refractivity contribution is -0.152. The van der Waals surface area contributed by atoms with Crippen LogP contribution in [0, 0.1) is 13.8 Å². The van der Waals surface area contributed by atoms with Crippen molar-refractivity contribution >= 4 is 28.7 Å². The van der Waals surface area contributed by atoms with E-state index in [1.54, 1.807) is 30.1 Å². The molecule has 2 atom stereocenters. The fraction of sp³-hybridized carbons (Fsp3) is 0.409. The zero-order chi connectivity index (χ0) is 21.1. The largest absolute Gasteiger partial charge is 0.464 e. The Kier molecular flexibility index (Phi) is 6.06. The lowest BCUT2D eigenvalue weighted by Crippen LogP contribution is -2.31. The first-order chi connectivity index (χ1) is 13.8. The molecule has 7 nitrogen and oxygen atoms in total. The van der Waals surface area contributed by atoms with Crippen molar-refractivity contribution in [2.75, 3.05) is 5.32 Å². The van der Waals surface area contributed by atoms with Gasteiger partial charge in [-0.05, 0) is 57.4 Å². The highest BCUT2D eigenvalue weighted by atomic mass is 16.5. The van der Waals surface area contributed by atoms with Crippen LogP contribution in [0.15, 0.2) is 35.1 Å². The number of carbonyl (C=O) groups excluding carboxylic acids is 2. The van der Waals surface area contributed by atoms with Crippen LogP contribution in [0.5, 0.6) is 0 Å². The SMILES string of the molecule is CC[C@@H](C)n1nccc1NC(=O)[C@H](C)OC(=O)Cc1coc2cc(C)c(C)cc12. The lowest BCUT2D eigenvalue weighted by Gasteiger charge is -2.16. The number of benzene rings is 1. The summed E-state index contributed by atoms with van der Waals surface area (Å²) in [6.45, 7) is 9.65. The van der Waals surface area contributed by atoms with E-state index < -0.39 is 18.0 Å². The van der Waals surface area contributed by atoms with Gasteiger partial charge in [0.1, 0.15) is 11.4 Å². The molecule has 0 aliphatic heterocycles. The van der Waals surface area contributed by atoms with Crippen molar-refractivity contribution in [1.82, 2.24) is 9.78 Å². The van der Waals surface area contributed by atoms with E-state index in [9.17, 15) is 9.59 Å². The molecule has 29 heavy (non-hydrogen) atoms. The Morgan fingerprint density at radius 3 is 2.69 bits per heavy atom. The van der Waals surface area contributed by atoms with E-state index in [4.69, 9.17) is 9.15 Å². The number of carbonyl (C=O) groups is 2. The highest BCUT2D eigenvalue weighted by Crippen LogP contribution is 2.25. The molecule has 0 fully saturated rings. The van der Waals surface area contributed by atoms with Gasteiger partial charge in [0.25, 0.3) is 5.91 Å². The van der Waals surface area contributed by atoms with Gasteiger partial charge in [-0.3, -0.25) is 9.59 Å². The average molecular weight is 397 g/mol. The molecule has 2 aromatic heterocycles. The number of hydrogen-bond donors (Lipinski definition) is 1. The number of aromatic nitrogens is 2. The highest BCUT2D eigenvalue weighted by molar-refractivity contribution is 5.95. The first-order valence-electron chi connectivity index (χ1n) is 9.81. The summed E-state index contributed by atoms with van der Waals surface area (Å²) in [6.07, 6.45) is 3.20. The van der Waals surface area contributed by atoms with Crippen LogP contribution in [0.1, 0.15) is 49.9 Å². The summed E-state index contributed by atoms with van der Waals surface area (Å²) in [5.41, 5.74) is 3.73. The van der Waals surface area contributed by atoms with Crippen LogP contribution in [0.2, 0.25) is 0 Å². The van der Waals surface area contributed by atoms with Gasteiger partial charge in [0.2, 0.25) is 0 Å². The van der Waals surface area contributed by atoms with Crippen LogP contribution in [0.3, 0.4) is 0 Å². The second-order valence-electron chi connectivity index (χ2n) is 7.41. The zero-order valence-corrected chi connectivity index (χ0v) is 17.5. The molecule has 0 radical (unpaired) electrons. The van der Waals surface area contributed by atoms with Crippen LogP contribution in [0.4, 0.5) is 5.82 Å². The first kappa shape index (κ1) is 20.6. The minimum atomic E-state index is -0.926. The molecular weight excluding hydrogens is 370 g/mol. The summed E-state index contributed by atoms with van der Waals surface area (Å²) in [6, 6.07) is 5.83. The Labute approximate surface area is 170 Å². The first-order valence-corrected chi connectivity index (χ1v) is 9.81. The molecular formula is C22H27N3O4. The van der Waals surface area contributed by atoms with Crippen LogP contribution in [-0.2, 0) is 20.7 Å². The van der Waals surface area contributed by atoms with Crippen LogP contribution in [0.25, 0.3) is 11.0 Å². The number of fused-ring (bicyclic) bond motifs is 1. The molecule has 0 saturated heterocycles. The maximum atomic E-state index is 12.5. The van der Waals surface area contributed by atoms with Gasteiger partial charge >= 0.3 is 5.97 Å². The van der Waals surface area contributed by atoms with E-state index in [-0.39, 0.29) is 12.5 Å². The molecule has 154 valence electrons. The highest BCUT2D eigenvalue weighted by Gasteiger charge is 2.21. The minimum absolute atomic E-state index is 0.0396. The van der Waals surface area contributed by atoms with Crippen LogP contribution < -0.4 is 5.32 Å². The molecule has 1 amide bonds. The molecule has 1 aromatic carbocycles. The van der Waals surface area contributed by atoms with E-state index in [1.807, 2.05) is 39.8 Å². The third-order valence-corrected chi connectivity index (χ3v) is 5.21. The Morgan fingerprint density at radius 1 is 1.24 bits per heavy atom. The van der Waals surface area contributed by atoms with E-state index in [0.717, 1.165) is 34.1 Å². The summed E-state index contributed by atoms with van der Waals surface area (Å²) in [7, 11) is 0. The number of amides is 1. The second-order valence-corrected chi connectivity index (χ2v) is 7.41. The Balaban J connectivity index is 1.63. The summed E-state index contributed by atoms with van der Waals surface area (Å²) in [5, 5.41) is 7.90. The van der Waals surface area contributed by atoms with Crippen molar-refractivity contribution in [3.8, 4) is 0 Å². The molecule has 0 aliphatic rings. The van der Waals surface area contributed by atoms with Crippen molar-refractivity contribution < 1.29 is 18.7 Å². The topological polar surface area (TPSA) is 86.4 Å². The fourth-order valence-corrected chi connectivity index (χ4v) is 3.09. The standard InChI is InChI=1S/C22H27N3O4/c1-6-15(4)25-20(7-8-23-25)24-22(27)16(5)29-21(26)11-17-12-28-19-10-14(3)13(2)9-18(17)19/h7-10,12,15-16H,6,11H2,1-5H3,(H,24,27)/t15-,16+/m1/s1. The number of aryl methyl sites for hydroxylation is 2. The number of esters is 1. The van der Waals surface area contributed by atoms with E-state index >= 15 is 0 Å².